The molecule has 1 N–H and O–H groups in total. The van der Waals surface area contributed by atoms with Crippen LogP contribution in [0.4, 0.5) is 0 Å². The molecule has 19 heavy (non-hydrogen) atoms. The van der Waals surface area contributed by atoms with Gasteiger partial charge < -0.3 is 10.2 Å². The molecule has 1 aromatic carbocycles. The van der Waals surface area contributed by atoms with Crippen LogP contribution in [0.1, 0.15) is 22.7 Å². The zero-order valence-electron chi connectivity index (χ0n) is 12.9. The van der Waals surface area contributed by atoms with E-state index >= 15 is 0 Å². The van der Waals surface area contributed by atoms with Gasteiger partial charge in [-0.15, -0.1) is 0 Å². The second-order valence-corrected chi connectivity index (χ2v) is 5.94. The van der Waals surface area contributed by atoms with Gasteiger partial charge in [0.15, 0.2) is 0 Å². The second-order valence-electron chi connectivity index (χ2n) is 5.94. The fraction of sp³-hybridized carbons (Fsp3) is 0.625. The maximum absolute atomic E-state index is 3.54. The third kappa shape index (κ3) is 3.16. The Hall–Kier alpha value is -0.900. The second kappa shape index (κ2) is 6.04. The van der Waals surface area contributed by atoms with E-state index in [4.69, 9.17) is 0 Å². The molecule has 1 aliphatic rings. The summed E-state index contributed by atoms with van der Waals surface area (Å²) in [5, 5.41) is 3.54. The third-order valence-corrected chi connectivity index (χ3v) is 4.36. The van der Waals surface area contributed by atoms with Crippen molar-refractivity contribution in [3.63, 3.8) is 0 Å². The molecule has 3 nitrogen and oxygen atoms in total. The molecular weight excluding hydrogens is 234 g/mol. The van der Waals surface area contributed by atoms with Gasteiger partial charge in [-0.3, -0.25) is 4.90 Å². The summed E-state index contributed by atoms with van der Waals surface area (Å²) in [5.74, 6) is 0. The number of aryl methyl sites for hydroxylation is 2. The fourth-order valence-corrected chi connectivity index (χ4v) is 3.05. The molecule has 0 aromatic heterocycles. The molecule has 1 saturated heterocycles. The predicted octanol–water partition coefficient (Wildman–Crippen LogP) is 1.81. The summed E-state index contributed by atoms with van der Waals surface area (Å²) in [6.45, 7) is 7.81. The molecule has 0 saturated carbocycles. The molecule has 0 radical (unpaired) electrons. The van der Waals surface area contributed by atoms with Crippen LogP contribution in [0.25, 0.3) is 0 Å². The first-order chi connectivity index (χ1) is 9.02. The van der Waals surface area contributed by atoms with Crippen molar-refractivity contribution in [1.82, 2.24) is 15.1 Å². The van der Waals surface area contributed by atoms with Gasteiger partial charge in [0.05, 0.1) is 0 Å². The summed E-state index contributed by atoms with van der Waals surface area (Å²) in [6, 6.07) is 7.69. The van der Waals surface area contributed by atoms with Crippen LogP contribution in [0.3, 0.4) is 0 Å². The topological polar surface area (TPSA) is 18.5 Å². The van der Waals surface area contributed by atoms with E-state index in [1.165, 1.54) is 16.7 Å². The van der Waals surface area contributed by atoms with Gasteiger partial charge in [-0.1, -0.05) is 23.8 Å². The monoisotopic (exact) mass is 261 g/mol. The Balaban J connectivity index is 2.30. The van der Waals surface area contributed by atoms with Crippen molar-refractivity contribution in [2.45, 2.75) is 25.9 Å². The number of hydrogen-bond acceptors (Lipinski definition) is 3. The summed E-state index contributed by atoms with van der Waals surface area (Å²) in [6.07, 6.45) is 0. The maximum Gasteiger partial charge on any atom is 0.0490 e. The van der Waals surface area contributed by atoms with E-state index in [0.29, 0.717) is 12.1 Å². The minimum absolute atomic E-state index is 0.396. The average molecular weight is 261 g/mol. The van der Waals surface area contributed by atoms with Gasteiger partial charge in [-0.2, -0.15) is 0 Å². The Bertz CT molecular complexity index is 430. The first kappa shape index (κ1) is 14.5. The lowest BCUT2D eigenvalue weighted by molar-refractivity contribution is 0.0895. The molecule has 2 atom stereocenters. The smallest absolute Gasteiger partial charge is 0.0490 e. The van der Waals surface area contributed by atoms with Crippen LogP contribution in [0.2, 0.25) is 0 Å². The summed E-state index contributed by atoms with van der Waals surface area (Å²) in [4.78, 5) is 4.92. The van der Waals surface area contributed by atoms with Crippen molar-refractivity contribution in [2.75, 3.05) is 40.8 Å². The Morgan fingerprint density at radius 3 is 2.63 bits per heavy atom. The van der Waals surface area contributed by atoms with Gasteiger partial charge >= 0.3 is 0 Å². The Labute approximate surface area is 117 Å². The fourth-order valence-electron chi connectivity index (χ4n) is 3.05. The highest BCUT2D eigenvalue weighted by Crippen LogP contribution is 2.26. The lowest BCUT2D eigenvalue weighted by atomic mass is 9.92. The molecule has 0 aliphatic carbocycles. The largest absolute Gasteiger partial charge is 0.312 e. The van der Waals surface area contributed by atoms with Crippen LogP contribution in [-0.2, 0) is 0 Å². The lowest BCUT2D eigenvalue weighted by Crippen LogP contribution is -2.54. The first-order valence-electron chi connectivity index (χ1n) is 7.16. The highest BCUT2D eigenvalue weighted by atomic mass is 15.3. The van der Waals surface area contributed by atoms with Crippen molar-refractivity contribution >= 4 is 0 Å². The van der Waals surface area contributed by atoms with E-state index in [9.17, 15) is 0 Å². The molecule has 1 aromatic rings. The van der Waals surface area contributed by atoms with Crippen molar-refractivity contribution in [3.05, 3.63) is 34.9 Å². The Morgan fingerprint density at radius 1 is 1.21 bits per heavy atom. The Morgan fingerprint density at radius 2 is 1.95 bits per heavy atom. The van der Waals surface area contributed by atoms with Crippen molar-refractivity contribution in [2.24, 2.45) is 0 Å². The van der Waals surface area contributed by atoms with Crippen LogP contribution >= 0.6 is 0 Å². The van der Waals surface area contributed by atoms with E-state index in [0.717, 1.165) is 19.6 Å². The number of likely N-dealkylation sites (N-methyl/N-ethyl adjacent to an activating group) is 3. The summed E-state index contributed by atoms with van der Waals surface area (Å²) in [7, 11) is 6.54. The van der Waals surface area contributed by atoms with Crippen LogP contribution in [0.15, 0.2) is 18.2 Å². The Kier molecular flexibility index (Phi) is 4.61. The van der Waals surface area contributed by atoms with Crippen molar-refractivity contribution in [3.8, 4) is 0 Å². The zero-order valence-corrected chi connectivity index (χ0v) is 12.9. The van der Waals surface area contributed by atoms with Gasteiger partial charge in [0.25, 0.3) is 0 Å². The van der Waals surface area contributed by atoms with Crippen molar-refractivity contribution in [1.29, 1.82) is 0 Å². The van der Waals surface area contributed by atoms with E-state index in [-0.39, 0.29) is 0 Å². The van der Waals surface area contributed by atoms with Gasteiger partial charge in [-0.05, 0) is 46.1 Å². The number of hydrogen-bond donors (Lipinski definition) is 1. The normalized spacial score (nSPS) is 23.5. The third-order valence-electron chi connectivity index (χ3n) is 4.36. The van der Waals surface area contributed by atoms with Crippen LogP contribution < -0.4 is 5.32 Å². The molecule has 2 rings (SSSR count). The molecule has 1 heterocycles. The lowest BCUT2D eigenvalue weighted by Gasteiger charge is -2.42. The van der Waals surface area contributed by atoms with Gasteiger partial charge in [0.1, 0.15) is 0 Å². The van der Waals surface area contributed by atoms with E-state index in [2.05, 4.69) is 68.3 Å². The first-order valence-corrected chi connectivity index (χ1v) is 7.16. The number of piperazine rings is 1. The van der Waals surface area contributed by atoms with E-state index < -0.39 is 0 Å². The number of nitrogens with zero attached hydrogens (tertiary/aromatic N) is 2. The minimum atomic E-state index is 0.396. The quantitative estimate of drug-likeness (QED) is 0.895. The number of benzene rings is 1. The molecule has 1 aliphatic heterocycles. The molecule has 2 unspecified atom stereocenters. The molecule has 0 bridgehead atoms. The minimum Gasteiger partial charge on any atom is -0.312 e. The predicted molar refractivity (Wildman–Crippen MR) is 81.6 cm³/mol. The van der Waals surface area contributed by atoms with Gasteiger partial charge in [0.2, 0.25) is 0 Å². The zero-order chi connectivity index (χ0) is 14.0. The van der Waals surface area contributed by atoms with Gasteiger partial charge in [-0.25, -0.2) is 0 Å². The van der Waals surface area contributed by atoms with Crippen LogP contribution in [-0.4, -0.2) is 56.6 Å². The highest BCUT2D eigenvalue weighted by Gasteiger charge is 2.30. The highest BCUT2D eigenvalue weighted by molar-refractivity contribution is 5.34. The number of rotatable bonds is 3. The molecule has 106 valence electrons. The molecule has 0 amide bonds. The average Bonchev–Trinajstić information content (AvgIpc) is 2.38. The molecule has 0 spiro atoms. The summed E-state index contributed by atoms with van der Waals surface area (Å²) >= 11 is 0. The standard InChI is InChI=1S/C16H27N3/c1-12-6-7-13(2)14(10-12)16(17-3)15-11-18(4)8-9-19(15)5/h6-7,10,15-17H,8-9,11H2,1-5H3. The summed E-state index contributed by atoms with van der Waals surface area (Å²) in [5.41, 5.74) is 4.16. The summed E-state index contributed by atoms with van der Waals surface area (Å²) < 4.78 is 0. The molecular formula is C16H27N3. The SMILES string of the molecule is CNC(c1cc(C)ccc1C)C1CN(C)CCN1C. The van der Waals surface area contributed by atoms with Crippen molar-refractivity contribution < 1.29 is 0 Å². The van der Waals surface area contributed by atoms with E-state index in [1.54, 1.807) is 0 Å². The number of nitrogens with one attached hydrogen (secondary N) is 1. The van der Waals surface area contributed by atoms with Crippen LogP contribution in [0, 0.1) is 13.8 Å². The van der Waals surface area contributed by atoms with Gasteiger partial charge in [0, 0.05) is 31.7 Å². The maximum atomic E-state index is 3.54. The molecule has 3 heteroatoms. The van der Waals surface area contributed by atoms with Crippen LogP contribution in [0.5, 0.6) is 0 Å². The molecule has 1 fully saturated rings. The van der Waals surface area contributed by atoms with E-state index in [1.807, 2.05) is 0 Å².